The van der Waals surface area contributed by atoms with E-state index in [-0.39, 0.29) is 22.9 Å². The van der Waals surface area contributed by atoms with Gasteiger partial charge in [0.2, 0.25) is 0 Å². The molecule has 0 bridgehead atoms. The summed E-state index contributed by atoms with van der Waals surface area (Å²) >= 11 is 0. The summed E-state index contributed by atoms with van der Waals surface area (Å²) in [4.78, 5) is 1.97. The second kappa shape index (κ2) is 4.96. The van der Waals surface area contributed by atoms with Gasteiger partial charge in [0.05, 0.1) is 11.3 Å². The van der Waals surface area contributed by atoms with Crippen LogP contribution in [0.2, 0.25) is 0 Å². The second-order valence-electron chi connectivity index (χ2n) is 5.70. The number of nitrogens with two attached hydrogens (primary N) is 1. The summed E-state index contributed by atoms with van der Waals surface area (Å²) in [5.41, 5.74) is 6.36. The highest BCUT2D eigenvalue weighted by Crippen LogP contribution is 2.30. The Kier molecular flexibility index (Phi) is 3.99. The van der Waals surface area contributed by atoms with Crippen LogP contribution in [-0.2, 0) is 0 Å². The molecule has 1 unspecified atom stereocenters. The van der Waals surface area contributed by atoms with Gasteiger partial charge in [-0.3, -0.25) is 5.41 Å². The Balaban J connectivity index is 3.26. The number of halogens is 1. The molecule has 0 amide bonds. The van der Waals surface area contributed by atoms with Gasteiger partial charge in [0.25, 0.3) is 0 Å². The van der Waals surface area contributed by atoms with Crippen LogP contribution < -0.4 is 10.6 Å². The van der Waals surface area contributed by atoms with Crippen molar-refractivity contribution in [2.24, 2.45) is 11.1 Å². The van der Waals surface area contributed by atoms with E-state index in [9.17, 15) is 4.39 Å². The molecule has 0 saturated heterocycles. The molecule has 18 heavy (non-hydrogen) atoms. The molecular formula is C14H22FN3. The average molecular weight is 251 g/mol. The predicted octanol–water partition coefficient (Wildman–Crippen LogP) is 2.98. The normalized spacial score (nSPS) is 13.2. The molecule has 0 aliphatic carbocycles. The summed E-state index contributed by atoms with van der Waals surface area (Å²) in [6, 6.07) is 4.96. The number of anilines is 1. The standard InChI is InChI=1S/C14H22FN3/c1-9(14(2,3)4)18(5)11-8-6-7-10(15)12(11)13(16)17/h6-9H,1-5H3,(H3,16,17). The van der Waals surface area contributed by atoms with Gasteiger partial charge in [0.1, 0.15) is 11.7 Å². The zero-order chi connectivity index (χ0) is 14.1. The molecule has 0 saturated carbocycles. The summed E-state index contributed by atoms with van der Waals surface area (Å²) in [7, 11) is 1.90. The van der Waals surface area contributed by atoms with Gasteiger partial charge in [-0.2, -0.15) is 0 Å². The molecule has 0 heterocycles. The molecule has 100 valence electrons. The van der Waals surface area contributed by atoms with Crippen molar-refractivity contribution in [3.05, 3.63) is 29.6 Å². The Hall–Kier alpha value is -1.58. The maximum Gasteiger partial charge on any atom is 0.136 e. The molecule has 0 spiro atoms. The van der Waals surface area contributed by atoms with Crippen LogP contribution in [0.25, 0.3) is 0 Å². The highest BCUT2D eigenvalue weighted by atomic mass is 19.1. The van der Waals surface area contributed by atoms with Crippen molar-refractivity contribution in [1.82, 2.24) is 0 Å². The third-order valence-electron chi connectivity index (χ3n) is 3.48. The highest BCUT2D eigenvalue weighted by molar-refractivity contribution is 6.00. The minimum absolute atomic E-state index is 0.0507. The Labute approximate surface area is 108 Å². The van der Waals surface area contributed by atoms with E-state index in [2.05, 4.69) is 27.7 Å². The molecule has 1 aromatic carbocycles. The number of hydrogen-bond donors (Lipinski definition) is 2. The summed E-state index contributed by atoms with van der Waals surface area (Å²) < 4.78 is 13.8. The molecule has 0 fully saturated rings. The van der Waals surface area contributed by atoms with E-state index >= 15 is 0 Å². The van der Waals surface area contributed by atoms with Gasteiger partial charge in [-0.1, -0.05) is 26.8 Å². The highest BCUT2D eigenvalue weighted by Gasteiger charge is 2.26. The average Bonchev–Trinajstić information content (AvgIpc) is 2.24. The van der Waals surface area contributed by atoms with Gasteiger partial charge in [-0.15, -0.1) is 0 Å². The molecule has 3 N–H and O–H groups in total. The van der Waals surface area contributed by atoms with E-state index < -0.39 is 5.82 Å². The Bertz CT molecular complexity index is 449. The Morgan fingerprint density at radius 3 is 2.39 bits per heavy atom. The van der Waals surface area contributed by atoms with Crippen molar-refractivity contribution in [1.29, 1.82) is 5.41 Å². The van der Waals surface area contributed by atoms with Crippen LogP contribution in [0.4, 0.5) is 10.1 Å². The van der Waals surface area contributed by atoms with Gasteiger partial charge in [0.15, 0.2) is 0 Å². The summed E-state index contributed by atoms with van der Waals surface area (Å²) in [6.07, 6.45) is 0. The van der Waals surface area contributed by atoms with Crippen molar-refractivity contribution in [2.75, 3.05) is 11.9 Å². The molecule has 1 rings (SSSR count). The van der Waals surface area contributed by atoms with Gasteiger partial charge in [-0.25, -0.2) is 4.39 Å². The molecule has 3 nitrogen and oxygen atoms in total. The van der Waals surface area contributed by atoms with E-state index in [0.717, 1.165) is 0 Å². The first-order chi connectivity index (χ1) is 8.16. The number of hydrogen-bond acceptors (Lipinski definition) is 2. The molecule has 0 aromatic heterocycles. The van der Waals surface area contributed by atoms with Crippen molar-refractivity contribution in [3.8, 4) is 0 Å². The fourth-order valence-electron chi connectivity index (χ4n) is 1.86. The lowest BCUT2D eigenvalue weighted by molar-refractivity contribution is 0.329. The van der Waals surface area contributed by atoms with Crippen LogP contribution in [0.1, 0.15) is 33.3 Å². The van der Waals surface area contributed by atoms with Crippen molar-refractivity contribution >= 4 is 11.5 Å². The Morgan fingerprint density at radius 2 is 1.94 bits per heavy atom. The lowest BCUT2D eigenvalue weighted by atomic mass is 9.86. The maximum absolute atomic E-state index is 13.8. The van der Waals surface area contributed by atoms with Gasteiger partial charge in [-0.05, 0) is 24.5 Å². The predicted molar refractivity (Wildman–Crippen MR) is 74.7 cm³/mol. The molecule has 0 radical (unpaired) electrons. The quantitative estimate of drug-likeness (QED) is 0.641. The summed E-state index contributed by atoms with van der Waals surface area (Å²) in [5, 5.41) is 7.52. The topological polar surface area (TPSA) is 53.1 Å². The maximum atomic E-state index is 13.8. The summed E-state index contributed by atoms with van der Waals surface area (Å²) in [5.74, 6) is -0.691. The first kappa shape index (κ1) is 14.5. The third kappa shape index (κ3) is 2.81. The lowest BCUT2D eigenvalue weighted by Crippen LogP contribution is -2.40. The zero-order valence-corrected chi connectivity index (χ0v) is 11.7. The SMILES string of the molecule is CC(N(C)c1cccc(F)c1C(=N)N)C(C)(C)C. The van der Waals surface area contributed by atoms with Gasteiger partial charge >= 0.3 is 0 Å². The first-order valence-corrected chi connectivity index (χ1v) is 6.02. The lowest BCUT2D eigenvalue weighted by Gasteiger charge is -2.37. The molecule has 0 aliphatic heterocycles. The van der Waals surface area contributed by atoms with Crippen molar-refractivity contribution < 1.29 is 4.39 Å². The van der Waals surface area contributed by atoms with E-state index in [1.54, 1.807) is 12.1 Å². The number of nitrogen functional groups attached to an aromatic ring is 1. The first-order valence-electron chi connectivity index (χ1n) is 6.02. The van der Waals surface area contributed by atoms with Crippen LogP contribution in [0, 0.1) is 16.6 Å². The van der Waals surface area contributed by atoms with Crippen LogP contribution in [0.5, 0.6) is 0 Å². The van der Waals surface area contributed by atoms with E-state index in [1.165, 1.54) is 6.07 Å². The Morgan fingerprint density at radius 1 is 1.39 bits per heavy atom. The molecule has 1 atom stereocenters. The van der Waals surface area contributed by atoms with Gasteiger partial charge < -0.3 is 10.6 Å². The smallest absolute Gasteiger partial charge is 0.136 e. The minimum atomic E-state index is -0.451. The monoisotopic (exact) mass is 251 g/mol. The van der Waals surface area contributed by atoms with Crippen molar-refractivity contribution in [3.63, 3.8) is 0 Å². The van der Waals surface area contributed by atoms with Crippen molar-refractivity contribution in [2.45, 2.75) is 33.7 Å². The number of nitrogens with one attached hydrogen (secondary N) is 1. The fourth-order valence-corrected chi connectivity index (χ4v) is 1.86. The van der Waals surface area contributed by atoms with Crippen LogP contribution in [-0.4, -0.2) is 18.9 Å². The molecule has 1 aromatic rings. The zero-order valence-electron chi connectivity index (χ0n) is 11.7. The minimum Gasteiger partial charge on any atom is -0.384 e. The van der Waals surface area contributed by atoms with Gasteiger partial charge in [0, 0.05) is 13.1 Å². The number of nitrogens with zero attached hydrogens (tertiary/aromatic N) is 1. The van der Waals surface area contributed by atoms with E-state index in [1.807, 2.05) is 11.9 Å². The van der Waals surface area contributed by atoms with E-state index in [0.29, 0.717) is 5.69 Å². The molecule has 0 aliphatic rings. The molecular weight excluding hydrogens is 229 g/mol. The number of amidine groups is 1. The van der Waals surface area contributed by atoms with Crippen LogP contribution >= 0.6 is 0 Å². The largest absolute Gasteiger partial charge is 0.384 e. The van der Waals surface area contributed by atoms with Crippen LogP contribution in [0.15, 0.2) is 18.2 Å². The third-order valence-corrected chi connectivity index (χ3v) is 3.48. The molecule has 4 heteroatoms. The fraction of sp³-hybridized carbons (Fsp3) is 0.500. The summed E-state index contributed by atoms with van der Waals surface area (Å²) in [6.45, 7) is 8.46. The van der Waals surface area contributed by atoms with E-state index in [4.69, 9.17) is 11.1 Å². The second-order valence-corrected chi connectivity index (χ2v) is 5.70. The van der Waals surface area contributed by atoms with Crippen LogP contribution in [0.3, 0.4) is 0 Å². The number of rotatable bonds is 3. The number of benzene rings is 1.